The lowest BCUT2D eigenvalue weighted by atomic mass is 10.0. The third kappa shape index (κ3) is 3.17. The minimum Gasteiger partial charge on any atom is -0.496 e. The zero-order valence-corrected chi connectivity index (χ0v) is 12.9. The van der Waals surface area contributed by atoms with Gasteiger partial charge >= 0.3 is 0 Å². The molecule has 1 heterocycles. The molecule has 1 aromatic heterocycles. The van der Waals surface area contributed by atoms with Crippen molar-refractivity contribution < 1.29 is 9.53 Å². The highest BCUT2D eigenvalue weighted by Gasteiger charge is 2.14. The summed E-state index contributed by atoms with van der Waals surface area (Å²) in [5.74, 6) is 0.706. The lowest BCUT2D eigenvalue weighted by Gasteiger charge is -2.15. The van der Waals surface area contributed by atoms with Crippen molar-refractivity contribution in [1.82, 2.24) is 10.3 Å². The fourth-order valence-corrected chi connectivity index (χ4v) is 2.59. The first kappa shape index (κ1) is 14.5. The molecular formula is C15H18N2O2S. The van der Waals surface area contributed by atoms with Gasteiger partial charge in [0.15, 0.2) is 0 Å². The molecule has 2 rings (SSSR count). The van der Waals surface area contributed by atoms with Crippen LogP contribution in [-0.2, 0) is 0 Å². The Morgan fingerprint density at radius 1 is 1.40 bits per heavy atom. The van der Waals surface area contributed by atoms with Crippen molar-refractivity contribution in [1.29, 1.82) is 0 Å². The molecule has 1 aromatic carbocycles. The van der Waals surface area contributed by atoms with Crippen molar-refractivity contribution in [3.05, 3.63) is 45.4 Å². The summed E-state index contributed by atoms with van der Waals surface area (Å²) < 4.78 is 5.24. The van der Waals surface area contributed by atoms with Crippen LogP contribution in [0, 0.1) is 13.8 Å². The summed E-state index contributed by atoms with van der Waals surface area (Å²) in [4.78, 5) is 16.2. The van der Waals surface area contributed by atoms with Gasteiger partial charge in [-0.1, -0.05) is 12.1 Å². The van der Waals surface area contributed by atoms with Crippen LogP contribution in [0.4, 0.5) is 0 Å². The van der Waals surface area contributed by atoms with Crippen LogP contribution in [0.25, 0.3) is 0 Å². The van der Waals surface area contributed by atoms with Crippen molar-refractivity contribution in [3.63, 3.8) is 0 Å². The number of ether oxygens (including phenoxy) is 1. The Bertz CT molecular complexity index is 622. The molecule has 0 aliphatic rings. The van der Waals surface area contributed by atoms with E-state index in [1.807, 2.05) is 39.0 Å². The summed E-state index contributed by atoms with van der Waals surface area (Å²) in [6.45, 7) is 5.83. The highest BCUT2D eigenvalue weighted by atomic mass is 32.1. The molecule has 4 nitrogen and oxygen atoms in total. The van der Waals surface area contributed by atoms with Gasteiger partial charge in [0.05, 0.1) is 18.2 Å². The van der Waals surface area contributed by atoms with Crippen molar-refractivity contribution >= 4 is 17.2 Å². The highest BCUT2D eigenvalue weighted by Crippen LogP contribution is 2.22. The number of nitrogens with zero attached hydrogens (tertiary/aromatic N) is 1. The van der Waals surface area contributed by atoms with Crippen molar-refractivity contribution in [2.45, 2.75) is 26.8 Å². The predicted molar refractivity (Wildman–Crippen MR) is 80.5 cm³/mol. The third-order valence-corrected chi connectivity index (χ3v) is 3.89. The van der Waals surface area contributed by atoms with Crippen molar-refractivity contribution in [2.75, 3.05) is 7.11 Å². The number of hydrogen-bond acceptors (Lipinski definition) is 4. The van der Waals surface area contributed by atoms with Crippen LogP contribution in [-0.4, -0.2) is 18.0 Å². The maximum Gasteiger partial charge on any atom is 0.271 e. The summed E-state index contributed by atoms with van der Waals surface area (Å²) in [5.41, 5.74) is 2.57. The fourth-order valence-electron chi connectivity index (χ4n) is 1.99. The quantitative estimate of drug-likeness (QED) is 0.940. The van der Waals surface area contributed by atoms with Gasteiger partial charge in [0.25, 0.3) is 5.91 Å². The second-order valence-electron chi connectivity index (χ2n) is 4.68. The van der Waals surface area contributed by atoms with Gasteiger partial charge in [-0.05, 0) is 38.0 Å². The van der Waals surface area contributed by atoms with Crippen LogP contribution < -0.4 is 10.1 Å². The molecular weight excluding hydrogens is 272 g/mol. The van der Waals surface area contributed by atoms with E-state index in [2.05, 4.69) is 10.3 Å². The molecule has 0 aliphatic heterocycles. The minimum atomic E-state index is -0.143. The summed E-state index contributed by atoms with van der Waals surface area (Å²) >= 11 is 1.47. The van der Waals surface area contributed by atoms with E-state index in [4.69, 9.17) is 4.74 Å². The second-order valence-corrected chi connectivity index (χ2v) is 5.74. The molecule has 0 saturated heterocycles. The maximum absolute atomic E-state index is 12.1. The Morgan fingerprint density at radius 3 is 2.70 bits per heavy atom. The number of aryl methyl sites for hydroxylation is 2. The van der Waals surface area contributed by atoms with E-state index >= 15 is 0 Å². The Morgan fingerprint density at radius 2 is 2.15 bits per heavy atom. The van der Waals surface area contributed by atoms with Crippen molar-refractivity contribution in [2.24, 2.45) is 0 Å². The number of methoxy groups -OCH3 is 1. The van der Waals surface area contributed by atoms with E-state index in [1.165, 1.54) is 11.3 Å². The Labute approximate surface area is 122 Å². The number of nitrogens with one attached hydrogen (secondary N) is 1. The van der Waals surface area contributed by atoms with E-state index in [9.17, 15) is 4.79 Å². The lowest BCUT2D eigenvalue weighted by Crippen LogP contribution is -2.27. The van der Waals surface area contributed by atoms with E-state index < -0.39 is 0 Å². The maximum atomic E-state index is 12.1. The van der Waals surface area contributed by atoms with Gasteiger partial charge < -0.3 is 10.1 Å². The molecule has 0 bridgehead atoms. The Kier molecular flexibility index (Phi) is 4.39. The predicted octanol–water partition coefficient (Wildman–Crippen LogP) is 3.26. The van der Waals surface area contributed by atoms with Gasteiger partial charge in [-0.3, -0.25) is 4.79 Å². The van der Waals surface area contributed by atoms with E-state index in [0.717, 1.165) is 21.9 Å². The van der Waals surface area contributed by atoms with Crippen LogP contribution in [0.3, 0.4) is 0 Å². The number of benzene rings is 1. The summed E-state index contributed by atoms with van der Waals surface area (Å²) in [5, 5.41) is 5.62. The van der Waals surface area contributed by atoms with Gasteiger partial charge in [0, 0.05) is 5.38 Å². The summed E-state index contributed by atoms with van der Waals surface area (Å²) in [7, 11) is 1.65. The first-order chi connectivity index (χ1) is 9.51. The van der Waals surface area contributed by atoms with E-state index in [0.29, 0.717) is 5.69 Å². The Hall–Kier alpha value is -1.88. The monoisotopic (exact) mass is 290 g/mol. The molecule has 5 heteroatoms. The lowest BCUT2D eigenvalue weighted by molar-refractivity contribution is 0.0935. The average molecular weight is 290 g/mol. The third-order valence-electron chi connectivity index (χ3n) is 3.12. The highest BCUT2D eigenvalue weighted by molar-refractivity contribution is 7.09. The number of hydrogen-bond donors (Lipinski definition) is 1. The molecule has 0 fully saturated rings. The van der Waals surface area contributed by atoms with Crippen LogP contribution in [0.2, 0.25) is 0 Å². The smallest absolute Gasteiger partial charge is 0.271 e. The number of thiazole rings is 1. The van der Waals surface area contributed by atoms with Crippen molar-refractivity contribution in [3.8, 4) is 5.75 Å². The average Bonchev–Trinajstić information content (AvgIpc) is 2.85. The molecule has 106 valence electrons. The molecule has 0 spiro atoms. The first-order valence-corrected chi connectivity index (χ1v) is 7.26. The largest absolute Gasteiger partial charge is 0.496 e. The summed E-state index contributed by atoms with van der Waals surface area (Å²) in [6.07, 6.45) is 0. The molecule has 1 atom stereocenters. The SMILES string of the molecule is COc1ccc([C@H](C)NC(=O)c2csc(C)n2)cc1C. The molecule has 1 N–H and O–H groups in total. The van der Waals surface area contributed by atoms with Gasteiger partial charge in [-0.2, -0.15) is 0 Å². The Balaban J connectivity index is 2.10. The number of aromatic nitrogens is 1. The molecule has 20 heavy (non-hydrogen) atoms. The van der Waals surface area contributed by atoms with Gasteiger partial charge in [0.2, 0.25) is 0 Å². The van der Waals surface area contributed by atoms with Gasteiger partial charge in [-0.25, -0.2) is 4.98 Å². The second kappa shape index (κ2) is 6.05. The van der Waals surface area contributed by atoms with Crippen LogP contribution in [0.15, 0.2) is 23.6 Å². The van der Waals surface area contributed by atoms with Crippen LogP contribution >= 0.6 is 11.3 Å². The number of carbonyl (C=O) groups excluding carboxylic acids is 1. The van der Waals surface area contributed by atoms with E-state index in [1.54, 1.807) is 12.5 Å². The van der Waals surface area contributed by atoms with Gasteiger partial charge in [0.1, 0.15) is 11.4 Å². The topological polar surface area (TPSA) is 51.2 Å². The summed E-state index contributed by atoms with van der Waals surface area (Å²) in [6, 6.07) is 5.83. The molecule has 0 saturated carbocycles. The molecule has 0 aliphatic carbocycles. The minimum absolute atomic E-state index is 0.0749. The van der Waals surface area contributed by atoms with Gasteiger partial charge in [-0.15, -0.1) is 11.3 Å². The number of carbonyl (C=O) groups is 1. The number of amides is 1. The normalized spacial score (nSPS) is 12.0. The molecule has 0 unspecified atom stereocenters. The standard InChI is InChI=1S/C15H18N2O2S/c1-9-7-12(5-6-14(9)19-4)10(2)16-15(18)13-8-20-11(3)17-13/h5-8,10H,1-4H3,(H,16,18)/t10-/m0/s1. The van der Waals surface area contributed by atoms with Crippen LogP contribution in [0.5, 0.6) is 5.75 Å². The molecule has 1 amide bonds. The first-order valence-electron chi connectivity index (χ1n) is 6.38. The zero-order chi connectivity index (χ0) is 14.7. The van der Waals surface area contributed by atoms with Crippen LogP contribution in [0.1, 0.15) is 39.6 Å². The molecule has 0 radical (unpaired) electrons. The number of rotatable bonds is 4. The molecule has 2 aromatic rings. The zero-order valence-electron chi connectivity index (χ0n) is 12.1. The fraction of sp³-hybridized carbons (Fsp3) is 0.333. The van der Waals surface area contributed by atoms with E-state index in [-0.39, 0.29) is 11.9 Å².